The molecule has 80 valence electrons. The molecule has 0 spiro atoms. The van der Waals surface area contributed by atoms with E-state index in [1.807, 2.05) is 0 Å². The van der Waals surface area contributed by atoms with Gasteiger partial charge in [-0.1, -0.05) is 0 Å². The van der Waals surface area contributed by atoms with Crippen LogP contribution >= 0.6 is 11.3 Å². The Morgan fingerprint density at radius 3 is 2.33 bits per heavy atom. The Morgan fingerprint density at radius 1 is 1.13 bits per heavy atom. The predicted molar refractivity (Wildman–Crippen MR) is 56.5 cm³/mol. The molecule has 1 aromatic heterocycles. The fraction of sp³-hybridized carbons (Fsp3) is 0. The Kier molecular flexibility index (Phi) is 2.10. The summed E-state index contributed by atoms with van der Waals surface area (Å²) >= 11 is 0.943. The third kappa shape index (κ3) is 1.76. The van der Waals surface area contributed by atoms with Gasteiger partial charge in [-0.05, 0) is 17.5 Å². The van der Waals surface area contributed by atoms with Gasteiger partial charge in [0, 0.05) is 10.8 Å². The van der Waals surface area contributed by atoms with Gasteiger partial charge < -0.3 is 10.2 Å². The molecule has 0 aliphatic heterocycles. The lowest BCUT2D eigenvalue weighted by Crippen LogP contribution is -2.09. The third-order valence-corrected chi connectivity index (χ3v) is 4.39. The summed E-state index contributed by atoms with van der Waals surface area (Å²) in [4.78, 5) is 0. The van der Waals surface area contributed by atoms with Crippen molar-refractivity contribution >= 4 is 31.4 Å². The van der Waals surface area contributed by atoms with Crippen molar-refractivity contribution in [2.24, 2.45) is 5.14 Å². The molecule has 0 unspecified atom stereocenters. The lowest BCUT2D eigenvalue weighted by Gasteiger charge is -1.95. The van der Waals surface area contributed by atoms with E-state index in [2.05, 4.69) is 0 Å². The Hall–Kier alpha value is -1.31. The van der Waals surface area contributed by atoms with Crippen molar-refractivity contribution in [3.05, 3.63) is 18.2 Å². The molecular formula is C8H7NO4S2. The van der Waals surface area contributed by atoms with E-state index in [9.17, 15) is 18.6 Å². The second kappa shape index (κ2) is 3.09. The van der Waals surface area contributed by atoms with Gasteiger partial charge >= 0.3 is 0 Å². The molecule has 1 aromatic carbocycles. The van der Waals surface area contributed by atoms with Gasteiger partial charge in [-0.3, -0.25) is 0 Å². The summed E-state index contributed by atoms with van der Waals surface area (Å²) in [5, 5.41) is 23.9. The lowest BCUT2D eigenvalue weighted by atomic mass is 10.2. The molecule has 0 atom stereocenters. The summed E-state index contributed by atoms with van der Waals surface area (Å²) in [6.45, 7) is 0. The molecule has 7 heteroatoms. The zero-order chi connectivity index (χ0) is 11.2. The molecule has 0 aliphatic rings. The monoisotopic (exact) mass is 245 g/mol. The van der Waals surface area contributed by atoms with Crippen LogP contribution in [0.25, 0.3) is 10.1 Å². The molecule has 15 heavy (non-hydrogen) atoms. The molecule has 0 aliphatic carbocycles. The highest BCUT2D eigenvalue weighted by Gasteiger charge is 2.13. The number of aromatic hydroxyl groups is 2. The largest absolute Gasteiger partial charge is 0.504 e. The van der Waals surface area contributed by atoms with Crippen molar-refractivity contribution in [3.63, 3.8) is 0 Å². The standard InChI is InChI=1S/C8H7NO4S2/c9-15(12,13)8-2-4-1-5(10)6(11)3-7(4)14-8/h1-3,10-11H,(H2,9,12,13). The Labute approximate surface area is 89.4 Å². The van der Waals surface area contributed by atoms with E-state index in [4.69, 9.17) is 5.14 Å². The smallest absolute Gasteiger partial charge is 0.247 e. The first-order valence-corrected chi connectivity index (χ1v) is 6.22. The lowest BCUT2D eigenvalue weighted by molar-refractivity contribution is 0.405. The molecule has 0 amide bonds. The summed E-state index contributed by atoms with van der Waals surface area (Å²) in [7, 11) is -3.74. The average Bonchev–Trinajstić information content (AvgIpc) is 2.47. The van der Waals surface area contributed by atoms with Crippen molar-refractivity contribution in [2.75, 3.05) is 0 Å². The molecule has 0 saturated heterocycles. The maximum atomic E-state index is 11.0. The fourth-order valence-electron chi connectivity index (χ4n) is 1.18. The van der Waals surface area contributed by atoms with E-state index in [-0.39, 0.29) is 15.7 Å². The van der Waals surface area contributed by atoms with E-state index < -0.39 is 10.0 Å². The molecule has 0 radical (unpaired) electrons. The normalized spacial score (nSPS) is 12.1. The topological polar surface area (TPSA) is 101 Å². The van der Waals surface area contributed by atoms with E-state index in [0.29, 0.717) is 10.1 Å². The van der Waals surface area contributed by atoms with Crippen LogP contribution in [0.2, 0.25) is 0 Å². The van der Waals surface area contributed by atoms with Gasteiger partial charge in [0.05, 0.1) is 0 Å². The first-order chi connectivity index (χ1) is 6.88. The second-order valence-corrected chi connectivity index (χ2v) is 5.86. The van der Waals surface area contributed by atoms with Gasteiger partial charge in [0.2, 0.25) is 10.0 Å². The van der Waals surface area contributed by atoms with E-state index in [1.165, 1.54) is 18.2 Å². The van der Waals surface area contributed by atoms with Gasteiger partial charge in [0.25, 0.3) is 0 Å². The molecule has 1 heterocycles. The number of thiophene rings is 1. The molecular weight excluding hydrogens is 238 g/mol. The van der Waals surface area contributed by atoms with Gasteiger partial charge in [0.1, 0.15) is 4.21 Å². The van der Waals surface area contributed by atoms with Gasteiger partial charge in [-0.2, -0.15) is 0 Å². The van der Waals surface area contributed by atoms with Crippen LogP contribution in [-0.4, -0.2) is 18.6 Å². The van der Waals surface area contributed by atoms with E-state index >= 15 is 0 Å². The summed E-state index contributed by atoms with van der Waals surface area (Å²) < 4.78 is 22.6. The van der Waals surface area contributed by atoms with Crippen LogP contribution in [0.15, 0.2) is 22.4 Å². The maximum absolute atomic E-state index is 11.0. The van der Waals surface area contributed by atoms with Crippen molar-refractivity contribution < 1.29 is 18.6 Å². The molecule has 2 rings (SSSR count). The minimum absolute atomic E-state index is 0.00231. The summed E-state index contributed by atoms with van der Waals surface area (Å²) in [5.74, 6) is -0.577. The maximum Gasteiger partial charge on any atom is 0.247 e. The highest BCUT2D eigenvalue weighted by molar-refractivity contribution is 7.91. The van der Waals surface area contributed by atoms with Crippen LogP contribution < -0.4 is 5.14 Å². The van der Waals surface area contributed by atoms with Crippen LogP contribution in [0, 0.1) is 0 Å². The second-order valence-electron chi connectivity index (χ2n) is 2.99. The van der Waals surface area contributed by atoms with Crippen LogP contribution in [0.4, 0.5) is 0 Å². The predicted octanol–water partition coefficient (Wildman–Crippen LogP) is 0.960. The van der Waals surface area contributed by atoms with E-state index in [0.717, 1.165) is 11.3 Å². The quantitative estimate of drug-likeness (QED) is 0.651. The fourth-order valence-corrected chi connectivity index (χ4v) is 3.01. The van der Waals surface area contributed by atoms with Gasteiger partial charge in [-0.15, -0.1) is 11.3 Å². The summed E-state index contributed by atoms with van der Waals surface area (Å²) in [5.41, 5.74) is 0. The average molecular weight is 245 g/mol. The first-order valence-electron chi connectivity index (χ1n) is 3.86. The number of rotatable bonds is 1. The van der Waals surface area contributed by atoms with Crippen LogP contribution in [0.1, 0.15) is 0 Å². The van der Waals surface area contributed by atoms with E-state index in [1.54, 1.807) is 0 Å². The van der Waals surface area contributed by atoms with Gasteiger partial charge in [-0.25, -0.2) is 13.6 Å². The number of phenols is 2. The molecule has 5 nitrogen and oxygen atoms in total. The highest BCUT2D eigenvalue weighted by Crippen LogP contribution is 2.36. The number of fused-ring (bicyclic) bond motifs is 1. The summed E-state index contributed by atoms with van der Waals surface area (Å²) in [6.07, 6.45) is 0. The Balaban J connectivity index is 2.77. The number of sulfonamides is 1. The third-order valence-electron chi connectivity index (χ3n) is 1.87. The number of phenolic OH excluding ortho intramolecular Hbond substituents is 2. The zero-order valence-corrected chi connectivity index (χ0v) is 8.97. The highest BCUT2D eigenvalue weighted by atomic mass is 32.2. The number of primary sulfonamides is 1. The number of hydrogen-bond acceptors (Lipinski definition) is 5. The van der Waals surface area contributed by atoms with Crippen LogP contribution in [0.3, 0.4) is 0 Å². The minimum atomic E-state index is -3.74. The molecule has 0 fully saturated rings. The number of nitrogens with two attached hydrogens (primary N) is 1. The zero-order valence-electron chi connectivity index (χ0n) is 7.34. The Morgan fingerprint density at radius 2 is 1.73 bits per heavy atom. The minimum Gasteiger partial charge on any atom is -0.504 e. The van der Waals surface area contributed by atoms with Gasteiger partial charge in [0.15, 0.2) is 11.5 Å². The van der Waals surface area contributed by atoms with Crippen molar-refractivity contribution in [3.8, 4) is 11.5 Å². The van der Waals surface area contributed by atoms with Crippen LogP contribution in [-0.2, 0) is 10.0 Å². The van der Waals surface area contributed by atoms with Crippen LogP contribution in [0.5, 0.6) is 11.5 Å². The SMILES string of the molecule is NS(=O)(=O)c1cc2cc(O)c(O)cc2s1. The molecule has 2 aromatic rings. The number of hydrogen-bond donors (Lipinski definition) is 3. The van der Waals surface area contributed by atoms with Crippen molar-refractivity contribution in [1.82, 2.24) is 0 Å². The Bertz CT molecular complexity index is 590. The van der Waals surface area contributed by atoms with Crippen molar-refractivity contribution in [2.45, 2.75) is 4.21 Å². The first kappa shape index (κ1) is 10.2. The summed E-state index contributed by atoms with van der Waals surface area (Å²) in [6, 6.07) is 3.94. The molecule has 4 N–H and O–H groups in total. The molecule has 0 bridgehead atoms. The van der Waals surface area contributed by atoms with Crippen molar-refractivity contribution in [1.29, 1.82) is 0 Å². The molecule has 0 saturated carbocycles. The number of benzene rings is 1.